The predicted octanol–water partition coefficient (Wildman–Crippen LogP) is 1.86. The van der Waals surface area contributed by atoms with Crippen LogP contribution in [0.25, 0.3) is 0 Å². The smallest absolute Gasteiger partial charge is 0.247 e. The maximum atomic E-state index is 11.5. The van der Waals surface area contributed by atoms with Crippen LogP contribution in [0.5, 0.6) is 0 Å². The molecule has 0 saturated carbocycles. The molecule has 0 spiro atoms. The SMILES string of the molecule is C=CCN(CC=C)C(C=C)NC(=O)C(=C)C. The first-order chi connectivity index (χ1) is 7.56. The summed E-state index contributed by atoms with van der Waals surface area (Å²) in [4.78, 5) is 13.5. The van der Waals surface area contributed by atoms with Gasteiger partial charge >= 0.3 is 0 Å². The third-order valence-electron chi connectivity index (χ3n) is 2.01. The summed E-state index contributed by atoms with van der Waals surface area (Å²) in [6.07, 6.45) is 4.98. The summed E-state index contributed by atoms with van der Waals surface area (Å²) in [7, 11) is 0. The minimum Gasteiger partial charge on any atom is -0.333 e. The van der Waals surface area contributed by atoms with Gasteiger partial charge in [-0.2, -0.15) is 0 Å². The van der Waals surface area contributed by atoms with E-state index in [2.05, 4.69) is 31.6 Å². The second kappa shape index (κ2) is 7.65. The zero-order valence-electron chi connectivity index (χ0n) is 9.91. The van der Waals surface area contributed by atoms with Crippen molar-refractivity contribution in [3.63, 3.8) is 0 Å². The summed E-state index contributed by atoms with van der Waals surface area (Å²) in [5.74, 6) is -0.178. The first-order valence-electron chi connectivity index (χ1n) is 5.11. The van der Waals surface area contributed by atoms with Crippen molar-refractivity contribution < 1.29 is 4.79 Å². The molecule has 0 rings (SSSR count). The van der Waals surface area contributed by atoms with Crippen molar-refractivity contribution in [2.24, 2.45) is 0 Å². The number of carbonyl (C=O) groups excluding carboxylic acids is 1. The zero-order chi connectivity index (χ0) is 12.6. The lowest BCUT2D eigenvalue weighted by atomic mass is 10.3. The molecule has 0 saturated heterocycles. The molecule has 0 aromatic carbocycles. The van der Waals surface area contributed by atoms with Crippen LogP contribution < -0.4 is 5.32 Å². The fourth-order valence-corrected chi connectivity index (χ4v) is 1.19. The molecule has 0 aromatic rings. The monoisotopic (exact) mass is 220 g/mol. The third kappa shape index (κ3) is 4.75. The fraction of sp³-hybridized carbons (Fsp3) is 0.308. The van der Waals surface area contributed by atoms with E-state index in [0.717, 1.165) is 0 Å². The molecule has 3 heteroatoms. The summed E-state index contributed by atoms with van der Waals surface area (Å²) in [5, 5.41) is 2.81. The molecule has 1 N–H and O–H groups in total. The summed E-state index contributed by atoms with van der Waals surface area (Å²) in [6, 6.07) is 0. The van der Waals surface area contributed by atoms with Crippen molar-refractivity contribution >= 4 is 5.91 Å². The van der Waals surface area contributed by atoms with Crippen molar-refractivity contribution in [3.8, 4) is 0 Å². The first kappa shape index (κ1) is 14.4. The van der Waals surface area contributed by atoms with Crippen LogP contribution in [0, 0.1) is 0 Å². The van der Waals surface area contributed by atoms with Gasteiger partial charge in [-0.25, -0.2) is 0 Å². The quantitative estimate of drug-likeness (QED) is 0.385. The molecule has 3 nitrogen and oxygen atoms in total. The van der Waals surface area contributed by atoms with Crippen molar-refractivity contribution in [2.75, 3.05) is 13.1 Å². The largest absolute Gasteiger partial charge is 0.333 e. The van der Waals surface area contributed by atoms with E-state index in [1.54, 1.807) is 25.2 Å². The molecular weight excluding hydrogens is 200 g/mol. The average molecular weight is 220 g/mol. The van der Waals surface area contributed by atoms with Crippen LogP contribution >= 0.6 is 0 Å². The van der Waals surface area contributed by atoms with Crippen LogP contribution in [-0.4, -0.2) is 30.1 Å². The molecule has 0 radical (unpaired) electrons. The highest BCUT2D eigenvalue weighted by atomic mass is 16.1. The Labute approximate surface area is 97.8 Å². The molecule has 0 aliphatic rings. The Morgan fingerprint density at radius 2 is 1.81 bits per heavy atom. The Morgan fingerprint density at radius 3 is 2.12 bits per heavy atom. The Kier molecular flexibility index (Phi) is 6.88. The predicted molar refractivity (Wildman–Crippen MR) is 68.9 cm³/mol. The van der Waals surface area contributed by atoms with Crippen LogP contribution in [-0.2, 0) is 4.79 Å². The van der Waals surface area contributed by atoms with Gasteiger partial charge in [-0.15, -0.1) is 13.2 Å². The normalized spacial score (nSPS) is 11.6. The molecule has 0 aromatic heterocycles. The number of nitrogens with one attached hydrogen (secondary N) is 1. The Hall–Kier alpha value is -1.61. The molecule has 0 bridgehead atoms. The third-order valence-corrected chi connectivity index (χ3v) is 2.01. The molecular formula is C13H20N2O. The van der Waals surface area contributed by atoms with Crippen molar-refractivity contribution in [3.05, 3.63) is 50.1 Å². The van der Waals surface area contributed by atoms with Gasteiger partial charge in [0, 0.05) is 18.7 Å². The number of hydrogen-bond acceptors (Lipinski definition) is 2. The number of nitrogens with zero attached hydrogens (tertiary/aromatic N) is 1. The van der Waals surface area contributed by atoms with E-state index in [1.165, 1.54) is 0 Å². The number of hydrogen-bond donors (Lipinski definition) is 1. The highest BCUT2D eigenvalue weighted by Gasteiger charge is 2.15. The van der Waals surface area contributed by atoms with Crippen LogP contribution in [0.4, 0.5) is 0 Å². The molecule has 1 unspecified atom stereocenters. The van der Waals surface area contributed by atoms with Gasteiger partial charge in [0.2, 0.25) is 5.91 Å². The molecule has 0 heterocycles. The zero-order valence-corrected chi connectivity index (χ0v) is 9.91. The summed E-state index contributed by atoms with van der Waals surface area (Å²) >= 11 is 0. The Balaban J connectivity index is 4.58. The van der Waals surface area contributed by atoms with Crippen molar-refractivity contribution in [1.82, 2.24) is 10.2 Å². The highest BCUT2D eigenvalue weighted by Crippen LogP contribution is 2.00. The summed E-state index contributed by atoms with van der Waals surface area (Å²) < 4.78 is 0. The number of rotatable bonds is 8. The van der Waals surface area contributed by atoms with Gasteiger partial charge in [-0.1, -0.05) is 31.4 Å². The first-order valence-corrected chi connectivity index (χ1v) is 5.11. The van der Waals surface area contributed by atoms with Crippen LogP contribution in [0.3, 0.4) is 0 Å². The van der Waals surface area contributed by atoms with Gasteiger partial charge < -0.3 is 5.32 Å². The lowest BCUT2D eigenvalue weighted by molar-refractivity contribution is -0.118. The fourth-order valence-electron chi connectivity index (χ4n) is 1.19. The average Bonchev–Trinajstić information content (AvgIpc) is 2.25. The minimum absolute atomic E-state index is 0.178. The molecule has 1 amide bonds. The lowest BCUT2D eigenvalue weighted by Crippen LogP contribution is -2.47. The van der Waals surface area contributed by atoms with Gasteiger partial charge in [-0.05, 0) is 6.92 Å². The standard InChI is InChI=1S/C13H20N2O/c1-6-9-15(10-7-2)12(8-3)14-13(16)11(4)5/h6-8,12H,1-4,9-10H2,5H3,(H,14,16). The minimum atomic E-state index is -0.236. The number of carbonyl (C=O) groups is 1. The maximum Gasteiger partial charge on any atom is 0.247 e. The maximum absolute atomic E-state index is 11.5. The lowest BCUT2D eigenvalue weighted by Gasteiger charge is -2.28. The van der Waals surface area contributed by atoms with Gasteiger partial charge in [-0.3, -0.25) is 9.69 Å². The van der Waals surface area contributed by atoms with E-state index in [4.69, 9.17) is 0 Å². The van der Waals surface area contributed by atoms with E-state index in [9.17, 15) is 4.79 Å². The Morgan fingerprint density at radius 1 is 1.31 bits per heavy atom. The molecule has 0 aliphatic carbocycles. The van der Waals surface area contributed by atoms with Gasteiger partial charge in [0.15, 0.2) is 0 Å². The van der Waals surface area contributed by atoms with Crippen LogP contribution in [0.1, 0.15) is 6.92 Å². The molecule has 88 valence electrons. The summed E-state index contributed by atoms with van der Waals surface area (Å²) in [5.41, 5.74) is 0.476. The Bertz CT molecular complexity index is 284. The van der Waals surface area contributed by atoms with Crippen molar-refractivity contribution in [1.29, 1.82) is 0 Å². The van der Waals surface area contributed by atoms with Crippen LogP contribution in [0.2, 0.25) is 0 Å². The van der Waals surface area contributed by atoms with Crippen LogP contribution in [0.15, 0.2) is 50.1 Å². The van der Waals surface area contributed by atoms with Crippen molar-refractivity contribution in [2.45, 2.75) is 13.1 Å². The molecule has 16 heavy (non-hydrogen) atoms. The topological polar surface area (TPSA) is 32.3 Å². The van der Waals surface area contributed by atoms with Gasteiger partial charge in [0.1, 0.15) is 6.17 Å². The van der Waals surface area contributed by atoms with E-state index < -0.39 is 0 Å². The van der Waals surface area contributed by atoms with E-state index >= 15 is 0 Å². The van der Waals surface area contributed by atoms with Gasteiger partial charge in [0.25, 0.3) is 0 Å². The molecule has 1 atom stereocenters. The second-order valence-corrected chi connectivity index (χ2v) is 3.47. The second-order valence-electron chi connectivity index (χ2n) is 3.47. The molecule has 0 fully saturated rings. The van der Waals surface area contributed by atoms with E-state index in [0.29, 0.717) is 18.7 Å². The van der Waals surface area contributed by atoms with E-state index in [-0.39, 0.29) is 12.1 Å². The highest BCUT2D eigenvalue weighted by molar-refractivity contribution is 5.92. The van der Waals surface area contributed by atoms with E-state index in [1.807, 2.05) is 4.90 Å². The molecule has 0 aliphatic heterocycles. The van der Waals surface area contributed by atoms with Gasteiger partial charge in [0.05, 0.1) is 0 Å². The summed E-state index contributed by atoms with van der Waals surface area (Å²) in [6.45, 7) is 17.6. The number of amides is 1.